The topological polar surface area (TPSA) is 115 Å². The summed E-state index contributed by atoms with van der Waals surface area (Å²) in [6.45, 7) is -0.542. The van der Waals surface area contributed by atoms with Crippen molar-refractivity contribution in [3.63, 3.8) is 0 Å². The van der Waals surface area contributed by atoms with Crippen molar-refractivity contribution in [1.29, 1.82) is 0 Å². The second-order valence-corrected chi connectivity index (χ2v) is 5.19. The molecule has 3 rings (SSSR count). The molecule has 0 spiro atoms. The van der Waals surface area contributed by atoms with E-state index >= 15 is 0 Å². The highest BCUT2D eigenvalue weighted by molar-refractivity contribution is 5.94. The minimum atomic E-state index is -2.07. The molecule has 1 aromatic carbocycles. The molecule has 27 heavy (non-hydrogen) atoms. The molecule has 2 heterocycles. The van der Waals surface area contributed by atoms with Gasteiger partial charge in [0.15, 0.2) is 6.61 Å². The van der Waals surface area contributed by atoms with E-state index in [9.17, 15) is 9.59 Å². The molecule has 10 nitrogen and oxygen atoms in total. The largest absolute Gasteiger partial charge is 0.481 e. The Bertz CT molecular complexity index is 850. The molecule has 0 fully saturated rings. The van der Waals surface area contributed by atoms with E-state index in [2.05, 4.69) is 14.7 Å². The van der Waals surface area contributed by atoms with Gasteiger partial charge < -0.3 is 23.7 Å². The van der Waals surface area contributed by atoms with Crippen molar-refractivity contribution in [2.24, 2.45) is 0 Å². The number of fused-ring (bicyclic) bond motifs is 1. The second-order valence-electron chi connectivity index (χ2n) is 5.19. The quantitative estimate of drug-likeness (QED) is 0.513. The van der Waals surface area contributed by atoms with Crippen molar-refractivity contribution in [2.75, 3.05) is 27.9 Å². The fraction of sp³-hybridized carbons (Fsp3) is 0.294. The van der Waals surface area contributed by atoms with Gasteiger partial charge in [0.05, 0.1) is 38.5 Å². The molecule has 1 aliphatic rings. The van der Waals surface area contributed by atoms with Crippen LogP contribution in [0.4, 0.5) is 0 Å². The Kier molecular flexibility index (Phi) is 5.08. The summed E-state index contributed by atoms with van der Waals surface area (Å²) in [6, 6.07) is 7.60. The summed E-state index contributed by atoms with van der Waals surface area (Å²) in [5, 5.41) is 0. The third-order valence-electron chi connectivity index (χ3n) is 3.61. The number of rotatable bonds is 7. The van der Waals surface area contributed by atoms with Crippen LogP contribution in [0.5, 0.6) is 17.8 Å². The highest BCUT2D eigenvalue weighted by atomic mass is 16.9. The lowest BCUT2D eigenvalue weighted by Crippen LogP contribution is -2.39. The molecule has 0 amide bonds. The van der Waals surface area contributed by atoms with E-state index in [-0.39, 0.29) is 28.9 Å². The number of nitrogens with zero attached hydrogens (tertiary/aromatic N) is 2. The first-order valence-electron chi connectivity index (χ1n) is 7.71. The molecule has 1 atom stereocenters. The number of methoxy groups -OCH3 is 3. The van der Waals surface area contributed by atoms with Gasteiger partial charge in [-0.15, -0.1) is 0 Å². The van der Waals surface area contributed by atoms with Crippen molar-refractivity contribution in [2.45, 2.75) is 5.97 Å². The molecule has 0 aliphatic carbocycles. The predicted octanol–water partition coefficient (Wildman–Crippen LogP) is 1.04. The third kappa shape index (κ3) is 3.60. The van der Waals surface area contributed by atoms with Crippen molar-refractivity contribution in [3.8, 4) is 17.8 Å². The van der Waals surface area contributed by atoms with Crippen LogP contribution in [0.25, 0.3) is 0 Å². The van der Waals surface area contributed by atoms with Crippen molar-refractivity contribution >= 4 is 11.9 Å². The van der Waals surface area contributed by atoms with E-state index < -0.39 is 24.5 Å². The Morgan fingerprint density at radius 3 is 2.41 bits per heavy atom. The first-order chi connectivity index (χ1) is 13.0. The minimum Gasteiger partial charge on any atom is -0.481 e. The van der Waals surface area contributed by atoms with E-state index in [0.29, 0.717) is 0 Å². The number of ether oxygens (including phenoxy) is 6. The average molecular weight is 376 g/mol. The maximum atomic E-state index is 12.2. The van der Waals surface area contributed by atoms with E-state index in [1.54, 1.807) is 18.2 Å². The van der Waals surface area contributed by atoms with Gasteiger partial charge in [-0.05, 0) is 12.1 Å². The number of hydrogen-bond acceptors (Lipinski definition) is 10. The highest BCUT2D eigenvalue weighted by Crippen LogP contribution is 2.39. The number of carbonyl (C=O) groups is 2. The van der Waals surface area contributed by atoms with Crippen LogP contribution in [0.15, 0.2) is 30.3 Å². The van der Waals surface area contributed by atoms with Crippen molar-refractivity contribution in [1.82, 2.24) is 9.97 Å². The summed E-state index contributed by atoms with van der Waals surface area (Å²) in [5.74, 6) is -3.15. The summed E-state index contributed by atoms with van der Waals surface area (Å²) in [4.78, 5) is 31.8. The van der Waals surface area contributed by atoms with E-state index in [0.717, 1.165) is 0 Å². The Morgan fingerprint density at radius 2 is 1.78 bits per heavy atom. The Hall–Kier alpha value is -3.40. The second kappa shape index (κ2) is 7.46. The number of esters is 2. The summed E-state index contributed by atoms with van der Waals surface area (Å²) >= 11 is 0. The van der Waals surface area contributed by atoms with Gasteiger partial charge in [-0.25, -0.2) is 9.59 Å². The first-order valence-corrected chi connectivity index (χ1v) is 7.71. The smallest absolute Gasteiger partial charge is 0.407 e. The van der Waals surface area contributed by atoms with Crippen LogP contribution in [-0.4, -0.2) is 49.8 Å². The fourth-order valence-electron chi connectivity index (χ4n) is 2.34. The average Bonchev–Trinajstić information content (AvgIpc) is 2.98. The zero-order chi connectivity index (χ0) is 19.4. The van der Waals surface area contributed by atoms with Gasteiger partial charge in [0.2, 0.25) is 11.8 Å². The Balaban J connectivity index is 2.02. The summed E-state index contributed by atoms with van der Waals surface area (Å²) in [7, 11) is 4.00. The zero-order valence-corrected chi connectivity index (χ0v) is 14.8. The molecule has 0 N–H and O–H groups in total. The van der Waals surface area contributed by atoms with E-state index in [4.69, 9.17) is 23.7 Å². The number of cyclic esters (lactones) is 1. The van der Waals surface area contributed by atoms with Gasteiger partial charge in [-0.2, -0.15) is 9.97 Å². The molecular weight excluding hydrogens is 360 g/mol. The summed E-state index contributed by atoms with van der Waals surface area (Å²) in [5.41, 5.74) is 0.474. The van der Waals surface area contributed by atoms with Gasteiger partial charge in [0.1, 0.15) is 0 Å². The van der Waals surface area contributed by atoms with Crippen LogP contribution in [0.1, 0.15) is 15.9 Å². The zero-order valence-electron chi connectivity index (χ0n) is 14.8. The first kappa shape index (κ1) is 18.4. The highest BCUT2D eigenvalue weighted by Gasteiger charge is 2.51. The normalized spacial score (nSPS) is 17.7. The van der Waals surface area contributed by atoms with Crippen LogP contribution in [0.2, 0.25) is 0 Å². The number of carbonyl (C=O) groups excluding carboxylic acids is 2. The Morgan fingerprint density at radius 1 is 1.11 bits per heavy atom. The van der Waals surface area contributed by atoms with Gasteiger partial charge in [-0.3, -0.25) is 4.74 Å². The molecule has 0 radical (unpaired) electrons. The van der Waals surface area contributed by atoms with E-state index in [1.807, 2.05) is 0 Å². The standard InChI is InChI=1S/C17H16N2O8/c1-22-12-8-13(23-2)19-16(18-12)27-17(25-9-14(20)24-3)11-7-5-4-6-10(11)15(21)26-17/h4-8H,9H2,1-3H3. The van der Waals surface area contributed by atoms with Crippen LogP contribution in [-0.2, 0) is 25.0 Å². The number of aromatic nitrogens is 2. The summed E-state index contributed by atoms with van der Waals surface area (Å²) in [6.07, 6.45) is 0. The van der Waals surface area contributed by atoms with Gasteiger partial charge in [0, 0.05) is 0 Å². The monoisotopic (exact) mass is 376 g/mol. The van der Waals surface area contributed by atoms with Crippen LogP contribution >= 0.6 is 0 Å². The predicted molar refractivity (Wildman–Crippen MR) is 87.3 cm³/mol. The van der Waals surface area contributed by atoms with E-state index in [1.165, 1.54) is 33.5 Å². The molecule has 0 saturated carbocycles. The summed E-state index contributed by atoms with van der Waals surface area (Å²) < 4.78 is 31.2. The molecule has 1 aromatic heterocycles. The number of hydrogen-bond donors (Lipinski definition) is 0. The Labute approximate surface area is 153 Å². The van der Waals surface area contributed by atoms with Crippen LogP contribution in [0.3, 0.4) is 0 Å². The maximum Gasteiger partial charge on any atom is 0.407 e. The minimum absolute atomic E-state index is 0.151. The van der Waals surface area contributed by atoms with Crippen molar-refractivity contribution < 1.29 is 38.0 Å². The molecule has 1 unspecified atom stereocenters. The van der Waals surface area contributed by atoms with Gasteiger partial charge >= 0.3 is 23.9 Å². The van der Waals surface area contributed by atoms with Gasteiger partial charge in [0.25, 0.3) is 0 Å². The number of benzene rings is 1. The molecule has 142 valence electrons. The lowest BCUT2D eigenvalue weighted by molar-refractivity contribution is -0.321. The molecular formula is C17H16N2O8. The fourth-order valence-corrected chi connectivity index (χ4v) is 2.34. The maximum absolute atomic E-state index is 12.2. The van der Waals surface area contributed by atoms with Gasteiger partial charge in [-0.1, -0.05) is 12.1 Å². The van der Waals surface area contributed by atoms with Crippen LogP contribution in [0, 0.1) is 0 Å². The molecule has 0 saturated heterocycles. The molecule has 10 heteroatoms. The third-order valence-corrected chi connectivity index (χ3v) is 3.61. The van der Waals surface area contributed by atoms with Crippen LogP contribution < -0.4 is 14.2 Å². The molecule has 1 aliphatic heterocycles. The molecule has 2 aromatic rings. The lowest BCUT2D eigenvalue weighted by atomic mass is 10.1. The van der Waals surface area contributed by atoms with Crippen molar-refractivity contribution in [3.05, 3.63) is 41.5 Å². The molecule has 0 bridgehead atoms. The SMILES string of the molecule is COC(=O)COC1(Oc2nc(OC)cc(OC)n2)OC(=O)c2ccccc21. The lowest BCUT2D eigenvalue weighted by Gasteiger charge is -2.27.